The molecule has 0 aliphatic carbocycles. The fourth-order valence-corrected chi connectivity index (χ4v) is 4.19. The van der Waals surface area contributed by atoms with Crippen LogP contribution in [0.2, 0.25) is 0 Å². The second kappa shape index (κ2) is 9.37. The Morgan fingerprint density at radius 1 is 1.18 bits per heavy atom. The maximum absolute atomic E-state index is 12.9. The van der Waals surface area contributed by atoms with Crippen molar-refractivity contribution in [2.24, 2.45) is 11.8 Å². The molecule has 3 rings (SSSR count). The monoisotopic (exact) mass is 388 g/mol. The highest BCUT2D eigenvalue weighted by molar-refractivity contribution is 5.96. The van der Waals surface area contributed by atoms with Crippen molar-refractivity contribution in [1.29, 1.82) is 0 Å². The van der Waals surface area contributed by atoms with Crippen LogP contribution in [0.5, 0.6) is 0 Å². The van der Waals surface area contributed by atoms with Gasteiger partial charge in [0.15, 0.2) is 0 Å². The third kappa shape index (κ3) is 4.82. The van der Waals surface area contributed by atoms with Crippen LogP contribution in [0, 0.1) is 22.0 Å². The number of nitrogens with zero attached hydrogens (tertiary/aromatic N) is 3. The number of anilines is 1. The van der Waals surface area contributed by atoms with Crippen LogP contribution in [0.1, 0.15) is 49.9 Å². The molecule has 0 spiro atoms. The molecular weight excluding hydrogens is 356 g/mol. The first-order valence-corrected chi connectivity index (χ1v) is 10.5. The molecule has 1 N–H and O–H groups in total. The number of nitrogens with one attached hydrogen (secondary N) is 1. The van der Waals surface area contributed by atoms with Gasteiger partial charge in [-0.25, -0.2) is 0 Å². The average Bonchev–Trinajstić information content (AvgIpc) is 2.72. The summed E-state index contributed by atoms with van der Waals surface area (Å²) in [6, 6.07) is 4.99. The van der Waals surface area contributed by atoms with Crippen LogP contribution in [0.15, 0.2) is 18.2 Å². The van der Waals surface area contributed by atoms with E-state index in [0.29, 0.717) is 36.2 Å². The van der Waals surface area contributed by atoms with Gasteiger partial charge in [0.05, 0.1) is 4.92 Å². The lowest BCUT2D eigenvalue weighted by atomic mass is 9.96. The molecule has 0 bridgehead atoms. The number of piperidine rings is 2. The van der Waals surface area contributed by atoms with Crippen LogP contribution in [-0.2, 0) is 0 Å². The number of carbonyl (C=O) groups is 1. The van der Waals surface area contributed by atoms with E-state index in [4.69, 9.17) is 0 Å². The lowest BCUT2D eigenvalue weighted by molar-refractivity contribution is -0.384. The highest BCUT2D eigenvalue weighted by Crippen LogP contribution is 2.33. The largest absolute Gasteiger partial charge is 0.366 e. The third-order valence-corrected chi connectivity index (χ3v) is 6.13. The van der Waals surface area contributed by atoms with Crippen molar-refractivity contribution in [3.63, 3.8) is 0 Å². The van der Waals surface area contributed by atoms with Gasteiger partial charge in [0.1, 0.15) is 5.69 Å². The molecular formula is C21H32N4O3. The smallest absolute Gasteiger partial charge is 0.293 e. The SMILES string of the molecule is CCNCC1CCN(C(=O)c2ccc(N3CCC(C)CC3)c([N+](=O)[O-])c2)CC1. The Hall–Kier alpha value is -2.15. The highest BCUT2D eigenvalue weighted by Gasteiger charge is 2.27. The van der Waals surface area contributed by atoms with Crippen molar-refractivity contribution < 1.29 is 9.72 Å². The molecule has 2 saturated heterocycles. The van der Waals surface area contributed by atoms with Crippen LogP contribution in [0.4, 0.5) is 11.4 Å². The Morgan fingerprint density at radius 2 is 1.86 bits per heavy atom. The summed E-state index contributed by atoms with van der Waals surface area (Å²) < 4.78 is 0. The first kappa shape index (κ1) is 20.6. The van der Waals surface area contributed by atoms with Gasteiger partial charge in [-0.3, -0.25) is 14.9 Å². The van der Waals surface area contributed by atoms with E-state index in [1.165, 1.54) is 6.07 Å². The van der Waals surface area contributed by atoms with E-state index in [2.05, 4.69) is 24.1 Å². The minimum absolute atomic E-state index is 0.0439. The zero-order valence-electron chi connectivity index (χ0n) is 17.0. The van der Waals surface area contributed by atoms with Gasteiger partial charge in [0.2, 0.25) is 0 Å². The number of hydrogen-bond acceptors (Lipinski definition) is 5. The standard InChI is InChI=1S/C21H32N4O3/c1-3-22-15-17-8-12-24(13-9-17)21(26)18-4-5-19(20(14-18)25(27)28)23-10-6-16(2)7-11-23/h4-5,14,16-17,22H,3,6-13,15H2,1-2H3. The van der Waals surface area contributed by atoms with E-state index in [-0.39, 0.29) is 16.5 Å². The van der Waals surface area contributed by atoms with Gasteiger partial charge < -0.3 is 15.1 Å². The third-order valence-electron chi connectivity index (χ3n) is 6.13. The molecule has 2 aliphatic heterocycles. The number of rotatable bonds is 6. The van der Waals surface area contributed by atoms with E-state index in [9.17, 15) is 14.9 Å². The number of likely N-dealkylation sites (tertiary alicyclic amines) is 1. The summed E-state index contributed by atoms with van der Waals surface area (Å²) in [5.74, 6) is 1.16. The van der Waals surface area contributed by atoms with E-state index >= 15 is 0 Å². The summed E-state index contributed by atoms with van der Waals surface area (Å²) in [5.41, 5.74) is 1.10. The zero-order chi connectivity index (χ0) is 20.1. The van der Waals surface area contributed by atoms with Crippen molar-refractivity contribution >= 4 is 17.3 Å². The lowest BCUT2D eigenvalue weighted by Crippen LogP contribution is -2.40. The zero-order valence-corrected chi connectivity index (χ0v) is 17.0. The van der Waals surface area contributed by atoms with Crippen LogP contribution in [0.25, 0.3) is 0 Å². The number of amides is 1. The first-order chi connectivity index (χ1) is 13.5. The van der Waals surface area contributed by atoms with Gasteiger partial charge >= 0.3 is 0 Å². The summed E-state index contributed by atoms with van der Waals surface area (Å²) in [6.45, 7) is 9.36. The van der Waals surface area contributed by atoms with Crippen LogP contribution < -0.4 is 10.2 Å². The molecule has 0 radical (unpaired) electrons. The minimum atomic E-state index is -0.354. The summed E-state index contributed by atoms with van der Waals surface area (Å²) in [7, 11) is 0. The molecule has 7 heteroatoms. The number of nitro benzene ring substituents is 1. The van der Waals surface area contributed by atoms with Crippen LogP contribution >= 0.6 is 0 Å². The van der Waals surface area contributed by atoms with Gasteiger partial charge in [-0.1, -0.05) is 13.8 Å². The quantitative estimate of drug-likeness (QED) is 0.598. The normalized spacial score (nSPS) is 19.1. The minimum Gasteiger partial charge on any atom is -0.366 e. The predicted molar refractivity (Wildman–Crippen MR) is 111 cm³/mol. The van der Waals surface area contributed by atoms with Crippen molar-refractivity contribution in [2.75, 3.05) is 44.2 Å². The van der Waals surface area contributed by atoms with Crippen molar-refractivity contribution in [1.82, 2.24) is 10.2 Å². The molecule has 2 fully saturated rings. The molecule has 0 aromatic heterocycles. The molecule has 154 valence electrons. The summed E-state index contributed by atoms with van der Waals surface area (Å²) in [6.07, 6.45) is 4.04. The molecule has 1 aromatic rings. The van der Waals surface area contributed by atoms with Crippen molar-refractivity contribution in [2.45, 2.75) is 39.5 Å². The fourth-order valence-electron chi connectivity index (χ4n) is 4.19. The van der Waals surface area contributed by atoms with E-state index in [1.54, 1.807) is 12.1 Å². The maximum atomic E-state index is 12.9. The van der Waals surface area contributed by atoms with Gasteiger partial charge in [-0.15, -0.1) is 0 Å². The number of nitro groups is 1. The average molecular weight is 389 g/mol. The predicted octanol–water partition coefficient (Wildman–Crippen LogP) is 3.29. The Balaban J connectivity index is 1.70. The van der Waals surface area contributed by atoms with Gasteiger partial charge in [0, 0.05) is 37.8 Å². The lowest BCUT2D eigenvalue weighted by Gasteiger charge is -2.33. The molecule has 1 aromatic carbocycles. The topological polar surface area (TPSA) is 78.7 Å². The highest BCUT2D eigenvalue weighted by atomic mass is 16.6. The van der Waals surface area contributed by atoms with E-state index < -0.39 is 0 Å². The maximum Gasteiger partial charge on any atom is 0.293 e. The summed E-state index contributed by atoms with van der Waals surface area (Å²) in [4.78, 5) is 28.1. The van der Waals surface area contributed by atoms with Crippen molar-refractivity contribution in [3.8, 4) is 0 Å². The Bertz CT molecular complexity index is 693. The Morgan fingerprint density at radius 3 is 2.46 bits per heavy atom. The number of benzene rings is 1. The number of hydrogen-bond donors (Lipinski definition) is 1. The summed E-state index contributed by atoms with van der Waals surface area (Å²) >= 11 is 0. The van der Waals surface area contributed by atoms with Gasteiger partial charge in [-0.05, 0) is 62.7 Å². The molecule has 2 aliphatic rings. The number of carbonyl (C=O) groups excluding carboxylic acids is 1. The molecule has 2 heterocycles. The van der Waals surface area contributed by atoms with Gasteiger partial charge in [-0.2, -0.15) is 0 Å². The first-order valence-electron chi connectivity index (χ1n) is 10.5. The Kier molecular flexibility index (Phi) is 6.88. The molecule has 0 saturated carbocycles. The second-order valence-electron chi connectivity index (χ2n) is 8.17. The van der Waals surface area contributed by atoms with E-state index in [1.807, 2.05) is 4.90 Å². The fraction of sp³-hybridized carbons (Fsp3) is 0.667. The van der Waals surface area contributed by atoms with Crippen molar-refractivity contribution in [3.05, 3.63) is 33.9 Å². The molecule has 7 nitrogen and oxygen atoms in total. The Labute approximate surface area is 167 Å². The molecule has 0 unspecified atom stereocenters. The van der Waals surface area contributed by atoms with Gasteiger partial charge in [0.25, 0.3) is 11.6 Å². The second-order valence-corrected chi connectivity index (χ2v) is 8.17. The molecule has 0 atom stereocenters. The molecule has 1 amide bonds. The van der Waals surface area contributed by atoms with Crippen LogP contribution in [-0.4, -0.2) is 55.0 Å². The molecule has 28 heavy (non-hydrogen) atoms. The summed E-state index contributed by atoms with van der Waals surface area (Å²) in [5, 5.41) is 15.0. The van der Waals surface area contributed by atoms with Crippen LogP contribution in [0.3, 0.4) is 0 Å². The van der Waals surface area contributed by atoms with E-state index in [0.717, 1.165) is 51.9 Å².